The molecule has 0 saturated carbocycles. The molecule has 108 valence electrons. The highest BCUT2D eigenvalue weighted by atomic mass is 16.5. The Kier molecular flexibility index (Phi) is 6.89. The molecule has 0 saturated heterocycles. The van der Waals surface area contributed by atoms with Gasteiger partial charge in [0.25, 0.3) is 0 Å². The van der Waals surface area contributed by atoms with Crippen molar-refractivity contribution in [3.05, 3.63) is 29.8 Å². The first-order valence-corrected chi connectivity index (χ1v) is 7.01. The zero-order chi connectivity index (χ0) is 14.3. The third kappa shape index (κ3) is 6.60. The summed E-state index contributed by atoms with van der Waals surface area (Å²) in [5.41, 5.74) is 0.862. The molecule has 0 aromatic heterocycles. The lowest BCUT2D eigenvalue weighted by Gasteiger charge is -2.14. The van der Waals surface area contributed by atoms with Gasteiger partial charge in [-0.15, -0.1) is 0 Å². The minimum Gasteiger partial charge on any atom is -0.491 e. The minimum atomic E-state index is -0.569. The van der Waals surface area contributed by atoms with Crippen molar-refractivity contribution in [2.45, 2.75) is 46.3 Å². The van der Waals surface area contributed by atoms with E-state index in [1.165, 1.54) is 0 Å². The van der Waals surface area contributed by atoms with Crippen LogP contribution in [0, 0.1) is 5.92 Å². The van der Waals surface area contributed by atoms with Gasteiger partial charge < -0.3 is 14.6 Å². The molecule has 1 atom stereocenters. The van der Waals surface area contributed by atoms with E-state index >= 15 is 0 Å². The molecular weight excluding hydrogens is 240 g/mol. The number of hydrogen-bond donors (Lipinski definition) is 1. The van der Waals surface area contributed by atoms with E-state index in [1.54, 1.807) is 0 Å². The Morgan fingerprint density at radius 1 is 1.05 bits per heavy atom. The molecule has 1 rings (SSSR count). The Bertz CT molecular complexity index is 344. The van der Waals surface area contributed by atoms with Crippen molar-refractivity contribution < 1.29 is 14.6 Å². The van der Waals surface area contributed by atoms with E-state index < -0.39 is 6.10 Å². The molecule has 0 aliphatic carbocycles. The van der Waals surface area contributed by atoms with E-state index in [0.717, 1.165) is 17.7 Å². The third-order valence-electron chi connectivity index (χ3n) is 2.75. The van der Waals surface area contributed by atoms with Crippen molar-refractivity contribution >= 4 is 0 Å². The lowest BCUT2D eigenvalue weighted by atomic mass is 10.1. The molecule has 0 aliphatic heterocycles. The van der Waals surface area contributed by atoms with Crippen LogP contribution in [0.15, 0.2) is 24.3 Å². The highest BCUT2D eigenvalue weighted by Crippen LogP contribution is 2.19. The summed E-state index contributed by atoms with van der Waals surface area (Å²) >= 11 is 0. The molecule has 0 amide bonds. The molecule has 1 N–H and O–H groups in total. The van der Waals surface area contributed by atoms with Crippen LogP contribution in [-0.4, -0.2) is 24.4 Å². The monoisotopic (exact) mass is 266 g/mol. The Balaban J connectivity index is 2.37. The quantitative estimate of drug-likeness (QED) is 0.731. The van der Waals surface area contributed by atoms with Crippen LogP contribution >= 0.6 is 0 Å². The number of aliphatic hydroxyl groups is 1. The van der Waals surface area contributed by atoms with Gasteiger partial charge in [-0.1, -0.05) is 26.0 Å². The fourth-order valence-electron chi connectivity index (χ4n) is 1.65. The van der Waals surface area contributed by atoms with Gasteiger partial charge in [-0.25, -0.2) is 0 Å². The van der Waals surface area contributed by atoms with Crippen LogP contribution in [-0.2, 0) is 4.74 Å². The summed E-state index contributed by atoms with van der Waals surface area (Å²) < 4.78 is 11.0. The van der Waals surface area contributed by atoms with Crippen molar-refractivity contribution in [1.82, 2.24) is 0 Å². The largest absolute Gasteiger partial charge is 0.491 e. The van der Waals surface area contributed by atoms with Gasteiger partial charge in [-0.2, -0.15) is 0 Å². The second-order valence-corrected chi connectivity index (χ2v) is 5.51. The second-order valence-electron chi connectivity index (χ2n) is 5.51. The molecule has 1 aromatic rings. The summed E-state index contributed by atoms with van der Waals surface area (Å²) in [4.78, 5) is 0. The lowest BCUT2D eigenvalue weighted by Crippen LogP contribution is -2.09. The van der Waals surface area contributed by atoms with Gasteiger partial charge in [0.2, 0.25) is 0 Å². The molecule has 0 fully saturated rings. The first kappa shape index (κ1) is 16.0. The third-order valence-corrected chi connectivity index (χ3v) is 2.75. The maximum Gasteiger partial charge on any atom is 0.119 e. The fraction of sp³-hybridized carbons (Fsp3) is 0.625. The predicted molar refractivity (Wildman–Crippen MR) is 77.4 cm³/mol. The minimum absolute atomic E-state index is 0.162. The second kappa shape index (κ2) is 8.18. The zero-order valence-corrected chi connectivity index (χ0v) is 12.4. The average Bonchev–Trinajstić information content (AvgIpc) is 2.34. The molecule has 3 heteroatoms. The summed E-state index contributed by atoms with van der Waals surface area (Å²) in [6.07, 6.45) is 0.615. The summed E-state index contributed by atoms with van der Waals surface area (Å²) in [5.74, 6) is 1.45. The Hall–Kier alpha value is -1.06. The molecule has 0 aliphatic rings. The van der Waals surface area contributed by atoms with E-state index in [0.29, 0.717) is 19.1 Å². The highest BCUT2D eigenvalue weighted by Gasteiger charge is 2.08. The smallest absolute Gasteiger partial charge is 0.119 e. The van der Waals surface area contributed by atoms with Gasteiger partial charge in [0, 0.05) is 6.61 Å². The van der Waals surface area contributed by atoms with Gasteiger partial charge in [-0.05, 0) is 43.9 Å². The highest BCUT2D eigenvalue weighted by molar-refractivity contribution is 5.28. The Morgan fingerprint density at radius 3 is 2.21 bits per heavy atom. The van der Waals surface area contributed by atoms with Gasteiger partial charge in [-0.3, -0.25) is 0 Å². The topological polar surface area (TPSA) is 38.7 Å². The van der Waals surface area contributed by atoms with E-state index in [4.69, 9.17) is 9.47 Å². The van der Waals surface area contributed by atoms with Crippen LogP contribution in [0.25, 0.3) is 0 Å². The van der Waals surface area contributed by atoms with Crippen molar-refractivity contribution in [2.75, 3.05) is 13.2 Å². The summed E-state index contributed by atoms with van der Waals surface area (Å²) in [6, 6.07) is 7.53. The van der Waals surface area contributed by atoms with Crippen LogP contribution in [0.1, 0.15) is 45.8 Å². The summed E-state index contributed by atoms with van der Waals surface area (Å²) in [6.45, 7) is 9.34. The summed E-state index contributed by atoms with van der Waals surface area (Å²) in [5, 5.41) is 9.99. The van der Waals surface area contributed by atoms with E-state index in [9.17, 15) is 5.11 Å². The zero-order valence-electron chi connectivity index (χ0n) is 12.4. The van der Waals surface area contributed by atoms with Crippen molar-refractivity contribution in [3.63, 3.8) is 0 Å². The molecule has 1 aromatic carbocycles. The van der Waals surface area contributed by atoms with Crippen LogP contribution in [0.3, 0.4) is 0 Å². The molecule has 3 nitrogen and oxygen atoms in total. The first-order chi connectivity index (χ1) is 8.99. The number of benzene rings is 1. The predicted octanol–water partition coefficient (Wildman–Crippen LogP) is 3.57. The fourth-order valence-corrected chi connectivity index (χ4v) is 1.65. The average molecular weight is 266 g/mol. The molecule has 19 heavy (non-hydrogen) atoms. The maximum atomic E-state index is 9.99. The number of ether oxygens (including phenoxy) is 2. The van der Waals surface area contributed by atoms with E-state index in [-0.39, 0.29) is 6.10 Å². The Morgan fingerprint density at radius 2 is 1.68 bits per heavy atom. The van der Waals surface area contributed by atoms with Gasteiger partial charge >= 0.3 is 0 Å². The van der Waals surface area contributed by atoms with Crippen LogP contribution in [0.2, 0.25) is 0 Å². The first-order valence-electron chi connectivity index (χ1n) is 7.01. The molecule has 0 radical (unpaired) electrons. The standard InChI is InChI=1S/C16H26O3/c1-12(2)9-10-18-11-16(17)14-5-7-15(8-6-14)19-13(3)4/h5-8,12-13,16-17H,9-11H2,1-4H3. The lowest BCUT2D eigenvalue weighted by molar-refractivity contribution is 0.0319. The normalized spacial score (nSPS) is 13.0. The maximum absolute atomic E-state index is 9.99. The number of rotatable bonds is 8. The van der Waals surface area contributed by atoms with Crippen LogP contribution in [0.5, 0.6) is 5.75 Å². The molecule has 0 spiro atoms. The number of aliphatic hydroxyl groups excluding tert-OH is 1. The molecular formula is C16H26O3. The van der Waals surface area contributed by atoms with Gasteiger partial charge in [0.15, 0.2) is 0 Å². The van der Waals surface area contributed by atoms with Crippen LogP contribution < -0.4 is 4.74 Å². The summed E-state index contributed by atoms with van der Waals surface area (Å²) in [7, 11) is 0. The molecule has 0 heterocycles. The SMILES string of the molecule is CC(C)CCOCC(O)c1ccc(OC(C)C)cc1. The van der Waals surface area contributed by atoms with Crippen molar-refractivity contribution in [3.8, 4) is 5.75 Å². The van der Waals surface area contributed by atoms with Crippen molar-refractivity contribution in [2.24, 2.45) is 5.92 Å². The molecule has 1 unspecified atom stereocenters. The van der Waals surface area contributed by atoms with E-state index in [2.05, 4.69) is 13.8 Å². The number of hydrogen-bond acceptors (Lipinski definition) is 3. The van der Waals surface area contributed by atoms with Crippen molar-refractivity contribution in [1.29, 1.82) is 0 Å². The Labute approximate surface area is 116 Å². The van der Waals surface area contributed by atoms with E-state index in [1.807, 2.05) is 38.1 Å². The van der Waals surface area contributed by atoms with Gasteiger partial charge in [0.1, 0.15) is 11.9 Å². The van der Waals surface area contributed by atoms with Gasteiger partial charge in [0.05, 0.1) is 12.7 Å². The van der Waals surface area contributed by atoms with Crippen LogP contribution in [0.4, 0.5) is 0 Å². The molecule has 0 bridgehead atoms.